The van der Waals surface area contributed by atoms with Gasteiger partial charge >= 0.3 is 0 Å². The Kier molecular flexibility index (Phi) is 6.32. The molecule has 25 heavy (non-hydrogen) atoms. The number of hydrogen-bond acceptors (Lipinski definition) is 4. The summed E-state index contributed by atoms with van der Waals surface area (Å²) in [5.74, 6) is 1.33. The highest BCUT2D eigenvalue weighted by Gasteiger charge is 2.25. The van der Waals surface area contributed by atoms with Gasteiger partial charge in [-0.3, -0.25) is 9.69 Å². The van der Waals surface area contributed by atoms with Crippen LogP contribution in [0.15, 0.2) is 24.3 Å². The molecule has 2 aliphatic rings. The maximum Gasteiger partial charge on any atom is 0.260 e. The molecule has 2 heterocycles. The average Bonchev–Trinajstić information content (AvgIpc) is 3.13. The first kappa shape index (κ1) is 18.2. The molecule has 0 N–H and O–H groups in total. The minimum Gasteiger partial charge on any atom is -0.484 e. The number of carbonyl (C=O) groups is 1. The number of hydrogen-bond donors (Lipinski definition) is 0. The normalized spacial score (nSPS) is 21.7. The van der Waals surface area contributed by atoms with E-state index < -0.39 is 0 Å². The van der Waals surface area contributed by atoms with Gasteiger partial charge in [0.1, 0.15) is 5.75 Å². The molecule has 0 spiro atoms. The lowest BCUT2D eigenvalue weighted by Gasteiger charge is -2.35. The van der Waals surface area contributed by atoms with E-state index >= 15 is 0 Å². The van der Waals surface area contributed by atoms with Gasteiger partial charge in [-0.1, -0.05) is 26.0 Å². The fraction of sp³-hybridized carbons (Fsp3) is 0.650. The number of ether oxygens (including phenoxy) is 2. The molecule has 0 aromatic heterocycles. The first-order chi connectivity index (χ1) is 12.1. The molecular formula is C20H30N2O3. The van der Waals surface area contributed by atoms with E-state index in [1.165, 1.54) is 18.4 Å². The Balaban J connectivity index is 1.38. The van der Waals surface area contributed by atoms with Crippen LogP contribution < -0.4 is 4.74 Å². The summed E-state index contributed by atoms with van der Waals surface area (Å²) in [4.78, 5) is 16.7. The van der Waals surface area contributed by atoms with E-state index in [2.05, 4.69) is 30.9 Å². The summed E-state index contributed by atoms with van der Waals surface area (Å²) in [5.41, 5.74) is 1.28. The summed E-state index contributed by atoms with van der Waals surface area (Å²) < 4.78 is 11.4. The molecule has 0 aliphatic carbocycles. The minimum absolute atomic E-state index is 0.0738. The van der Waals surface area contributed by atoms with E-state index in [1.54, 1.807) is 0 Å². The zero-order valence-electron chi connectivity index (χ0n) is 15.4. The second-order valence-corrected chi connectivity index (χ2v) is 7.33. The third-order valence-electron chi connectivity index (χ3n) is 5.12. The largest absolute Gasteiger partial charge is 0.484 e. The van der Waals surface area contributed by atoms with Crippen molar-refractivity contribution in [3.05, 3.63) is 29.8 Å². The molecule has 1 aromatic rings. The van der Waals surface area contributed by atoms with Gasteiger partial charge in [0.25, 0.3) is 5.91 Å². The van der Waals surface area contributed by atoms with Gasteiger partial charge in [0.05, 0.1) is 6.10 Å². The van der Waals surface area contributed by atoms with Crippen molar-refractivity contribution in [3.63, 3.8) is 0 Å². The van der Waals surface area contributed by atoms with Gasteiger partial charge in [-0.25, -0.2) is 0 Å². The molecule has 5 heteroatoms. The predicted molar refractivity (Wildman–Crippen MR) is 98.0 cm³/mol. The highest BCUT2D eigenvalue weighted by molar-refractivity contribution is 5.77. The van der Waals surface area contributed by atoms with E-state index in [1.807, 2.05) is 17.0 Å². The Morgan fingerprint density at radius 2 is 1.92 bits per heavy atom. The molecule has 1 amide bonds. The van der Waals surface area contributed by atoms with Gasteiger partial charge in [-0.2, -0.15) is 0 Å². The number of rotatable bonds is 6. The molecule has 2 aliphatic heterocycles. The average molecular weight is 346 g/mol. The van der Waals surface area contributed by atoms with Crippen molar-refractivity contribution in [2.75, 3.05) is 45.9 Å². The third kappa shape index (κ3) is 5.19. The molecular weight excluding hydrogens is 316 g/mol. The maximum absolute atomic E-state index is 12.4. The zero-order chi connectivity index (χ0) is 17.6. The fourth-order valence-corrected chi connectivity index (χ4v) is 3.44. The topological polar surface area (TPSA) is 42.0 Å². The predicted octanol–water partition coefficient (Wildman–Crippen LogP) is 2.51. The molecule has 5 nitrogen and oxygen atoms in total. The molecule has 0 radical (unpaired) electrons. The van der Waals surface area contributed by atoms with E-state index in [4.69, 9.17) is 9.47 Å². The molecule has 3 rings (SSSR count). The lowest BCUT2D eigenvalue weighted by molar-refractivity contribution is -0.135. The smallest absolute Gasteiger partial charge is 0.260 e. The Hall–Kier alpha value is -1.59. The van der Waals surface area contributed by atoms with Gasteiger partial charge in [0.2, 0.25) is 0 Å². The Morgan fingerprint density at radius 3 is 2.52 bits per heavy atom. The van der Waals surface area contributed by atoms with Crippen molar-refractivity contribution in [2.24, 2.45) is 0 Å². The van der Waals surface area contributed by atoms with Crippen molar-refractivity contribution < 1.29 is 14.3 Å². The van der Waals surface area contributed by atoms with Gasteiger partial charge in [-0.15, -0.1) is 0 Å². The summed E-state index contributed by atoms with van der Waals surface area (Å²) in [5, 5.41) is 0. The van der Waals surface area contributed by atoms with Crippen molar-refractivity contribution in [1.29, 1.82) is 0 Å². The Bertz CT molecular complexity index is 545. The first-order valence-electron chi connectivity index (χ1n) is 9.46. The molecule has 0 saturated carbocycles. The van der Waals surface area contributed by atoms with Crippen LogP contribution in [0, 0.1) is 0 Å². The highest BCUT2D eigenvalue weighted by Crippen LogP contribution is 2.19. The molecule has 1 unspecified atom stereocenters. The van der Waals surface area contributed by atoms with Gasteiger partial charge < -0.3 is 14.4 Å². The van der Waals surface area contributed by atoms with Crippen LogP contribution in [-0.2, 0) is 9.53 Å². The summed E-state index contributed by atoms with van der Waals surface area (Å²) in [7, 11) is 0. The quantitative estimate of drug-likeness (QED) is 0.794. The Labute approximate surface area is 150 Å². The van der Waals surface area contributed by atoms with Gasteiger partial charge in [0.15, 0.2) is 6.61 Å². The van der Waals surface area contributed by atoms with E-state index in [0.29, 0.717) is 12.0 Å². The van der Waals surface area contributed by atoms with Crippen LogP contribution in [0.3, 0.4) is 0 Å². The molecule has 1 aromatic carbocycles. The van der Waals surface area contributed by atoms with Crippen molar-refractivity contribution in [3.8, 4) is 5.75 Å². The number of benzene rings is 1. The van der Waals surface area contributed by atoms with E-state index in [0.717, 1.165) is 45.1 Å². The zero-order valence-corrected chi connectivity index (χ0v) is 15.4. The molecule has 2 fully saturated rings. The molecule has 2 saturated heterocycles. The minimum atomic E-state index is 0.0738. The van der Waals surface area contributed by atoms with Crippen molar-refractivity contribution in [2.45, 2.75) is 38.7 Å². The van der Waals surface area contributed by atoms with Crippen LogP contribution in [-0.4, -0.2) is 67.7 Å². The van der Waals surface area contributed by atoms with Crippen LogP contribution in [0.5, 0.6) is 5.75 Å². The molecule has 138 valence electrons. The third-order valence-corrected chi connectivity index (χ3v) is 5.12. The number of nitrogens with zero attached hydrogens (tertiary/aromatic N) is 2. The lowest BCUT2D eigenvalue weighted by Crippen LogP contribution is -2.51. The van der Waals surface area contributed by atoms with Crippen LogP contribution in [0.1, 0.15) is 38.2 Å². The van der Waals surface area contributed by atoms with Crippen molar-refractivity contribution >= 4 is 5.91 Å². The number of carbonyl (C=O) groups excluding carboxylic acids is 1. The lowest BCUT2D eigenvalue weighted by atomic mass is 10.0. The van der Waals surface area contributed by atoms with Crippen LogP contribution in [0.4, 0.5) is 0 Å². The van der Waals surface area contributed by atoms with Gasteiger partial charge in [-0.05, 0) is 36.5 Å². The summed E-state index contributed by atoms with van der Waals surface area (Å²) in [6, 6.07) is 8.02. The summed E-state index contributed by atoms with van der Waals surface area (Å²) >= 11 is 0. The number of piperazine rings is 1. The highest BCUT2D eigenvalue weighted by atomic mass is 16.5. The van der Waals surface area contributed by atoms with E-state index in [9.17, 15) is 4.79 Å². The second-order valence-electron chi connectivity index (χ2n) is 7.33. The van der Waals surface area contributed by atoms with Crippen LogP contribution >= 0.6 is 0 Å². The molecule has 0 bridgehead atoms. The van der Waals surface area contributed by atoms with E-state index in [-0.39, 0.29) is 12.5 Å². The SMILES string of the molecule is CC(C)c1ccc(OCC(=O)N2CCN(CC3CCCO3)CC2)cc1. The van der Waals surface area contributed by atoms with Gasteiger partial charge in [0, 0.05) is 39.3 Å². The number of amides is 1. The standard InChI is InChI=1S/C20H30N2O3/c1-16(2)17-5-7-18(8-6-17)25-15-20(23)22-11-9-21(10-12-22)14-19-4-3-13-24-19/h5-8,16,19H,3-4,9-15H2,1-2H3. The summed E-state index contributed by atoms with van der Waals surface area (Å²) in [6.07, 6.45) is 2.74. The second kappa shape index (κ2) is 8.68. The van der Waals surface area contributed by atoms with Crippen LogP contribution in [0.2, 0.25) is 0 Å². The Morgan fingerprint density at radius 1 is 1.20 bits per heavy atom. The maximum atomic E-state index is 12.4. The molecule has 1 atom stereocenters. The van der Waals surface area contributed by atoms with Crippen LogP contribution in [0.25, 0.3) is 0 Å². The monoisotopic (exact) mass is 346 g/mol. The van der Waals surface area contributed by atoms with Crippen molar-refractivity contribution in [1.82, 2.24) is 9.80 Å². The first-order valence-corrected chi connectivity index (χ1v) is 9.46. The fourth-order valence-electron chi connectivity index (χ4n) is 3.44. The summed E-state index contributed by atoms with van der Waals surface area (Å²) in [6.45, 7) is 9.76.